The van der Waals surface area contributed by atoms with Gasteiger partial charge in [0.25, 0.3) is 5.56 Å². The number of anilines is 1. The summed E-state index contributed by atoms with van der Waals surface area (Å²) in [7, 11) is 0. The highest BCUT2D eigenvalue weighted by atomic mass is 16.2. The van der Waals surface area contributed by atoms with Crippen LogP contribution in [0.4, 0.5) is 5.69 Å². The molecule has 0 bridgehead atoms. The quantitative estimate of drug-likeness (QED) is 0.747. The summed E-state index contributed by atoms with van der Waals surface area (Å²) in [4.78, 5) is 29.6. The van der Waals surface area contributed by atoms with Gasteiger partial charge in [0.1, 0.15) is 0 Å². The van der Waals surface area contributed by atoms with Crippen molar-refractivity contribution in [3.05, 3.63) is 38.5 Å². The molecule has 146 valence electrons. The number of aromatic nitrogens is 2. The lowest BCUT2D eigenvalue weighted by molar-refractivity contribution is 0.276. The van der Waals surface area contributed by atoms with E-state index in [0.717, 1.165) is 49.2 Å². The van der Waals surface area contributed by atoms with Crippen molar-refractivity contribution in [1.29, 1.82) is 5.26 Å². The third kappa shape index (κ3) is 2.67. The minimum Gasteiger partial charge on any atom is -0.370 e. The van der Waals surface area contributed by atoms with Crippen molar-refractivity contribution < 1.29 is 0 Å². The van der Waals surface area contributed by atoms with Crippen LogP contribution in [0.5, 0.6) is 0 Å². The van der Waals surface area contributed by atoms with Gasteiger partial charge in [0, 0.05) is 49.2 Å². The minimum absolute atomic E-state index is 0.212. The van der Waals surface area contributed by atoms with Crippen LogP contribution < -0.4 is 21.5 Å². The van der Waals surface area contributed by atoms with Crippen LogP contribution in [0.1, 0.15) is 43.7 Å². The van der Waals surface area contributed by atoms with Gasteiger partial charge in [-0.1, -0.05) is 0 Å². The van der Waals surface area contributed by atoms with E-state index >= 15 is 0 Å². The molecule has 1 aromatic heterocycles. The molecule has 0 atom stereocenters. The molecule has 2 aromatic rings. The van der Waals surface area contributed by atoms with Gasteiger partial charge in [-0.3, -0.25) is 14.3 Å². The third-order valence-corrected chi connectivity index (χ3v) is 6.75. The summed E-state index contributed by atoms with van der Waals surface area (Å²) < 4.78 is 1.79. The highest BCUT2D eigenvalue weighted by molar-refractivity contribution is 5.87. The van der Waals surface area contributed by atoms with Crippen molar-refractivity contribution in [2.75, 3.05) is 24.5 Å². The van der Waals surface area contributed by atoms with Gasteiger partial charge >= 0.3 is 5.69 Å². The predicted molar refractivity (Wildman–Crippen MR) is 108 cm³/mol. The van der Waals surface area contributed by atoms with Gasteiger partial charge in [-0.25, -0.2) is 4.79 Å². The van der Waals surface area contributed by atoms with Gasteiger partial charge in [0.15, 0.2) is 0 Å². The van der Waals surface area contributed by atoms with Gasteiger partial charge in [0.2, 0.25) is 0 Å². The van der Waals surface area contributed by atoms with E-state index in [1.165, 1.54) is 12.8 Å². The van der Waals surface area contributed by atoms with Crippen LogP contribution in [0.3, 0.4) is 0 Å². The van der Waals surface area contributed by atoms with E-state index < -0.39 is 0 Å². The molecule has 5 rings (SSSR count). The maximum atomic E-state index is 12.4. The second-order valence-corrected chi connectivity index (χ2v) is 8.56. The van der Waals surface area contributed by atoms with E-state index in [1.54, 1.807) is 4.57 Å². The Morgan fingerprint density at radius 2 is 2.04 bits per heavy atom. The lowest BCUT2D eigenvalue weighted by Crippen LogP contribution is -2.57. The molecule has 28 heavy (non-hydrogen) atoms. The molecular weight excluding hydrogens is 354 g/mol. The summed E-state index contributed by atoms with van der Waals surface area (Å²) in [6.07, 6.45) is 4.91. The molecule has 3 aliphatic rings. The molecule has 1 aromatic carbocycles. The molecular formula is C21H25N5O2. The lowest BCUT2D eigenvalue weighted by atomic mass is 9.87. The van der Waals surface area contributed by atoms with Gasteiger partial charge in [-0.2, -0.15) is 5.26 Å². The molecule has 2 N–H and O–H groups in total. The van der Waals surface area contributed by atoms with Crippen molar-refractivity contribution >= 4 is 16.6 Å². The molecule has 0 radical (unpaired) electrons. The van der Waals surface area contributed by atoms with Gasteiger partial charge in [-0.05, 0) is 50.3 Å². The standard InChI is InChI=1S/C21H25N5O2/c1-13-17(25-11-14(12-25)21(7-8-21)23-10-2-9-22)6-5-16-18(13)26(15-3-4-15)20(28)24-19(16)27/h5-6,14-15,23H,2-4,7-8,10-12H2,1H3,(H,24,27,28). The molecule has 3 fully saturated rings. The van der Waals surface area contributed by atoms with Gasteiger partial charge in [-0.15, -0.1) is 0 Å². The zero-order chi connectivity index (χ0) is 19.5. The van der Waals surface area contributed by atoms with Crippen LogP contribution in [-0.4, -0.2) is 34.7 Å². The summed E-state index contributed by atoms with van der Waals surface area (Å²) in [5, 5.41) is 13.0. The number of H-pyrrole nitrogens is 1. The molecule has 1 saturated heterocycles. The number of aryl methyl sites for hydroxylation is 1. The molecule has 0 spiro atoms. The van der Waals surface area contributed by atoms with Crippen LogP contribution in [-0.2, 0) is 0 Å². The number of nitriles is 1. The van der Waals surface area contributed by atoms with Crippen LogP contribution in [0.25, 0.3) is 10.9 Å². The van der Waals surface area contributed by atoms with Crippen LogP contribution in [0, 0.1) is 24.2 Å². The molecule has 7 heteroatoms. The Hall–Kier alpha value is -2.59. The number of hydrogen-bond donors (Lipinski definition) is 2. The molecule has 2 aliphatic carbocycles. The van der Waals surface area contributed by atoms with E-state index in [9.17, 15) is 9.59 Å². The number of nitrogens with zero attached hydrogens (tertiary/aromatic N) is 3. The first-order valence-electron chi connectivity index (χ1n) is 10.2. The number of aromatic amines is 1. The van der Waals surface area contributed by atoms with E-state index in [1.807, 2.05) is 19.1 Å². The number of benzene rings is 1. The van der Waals surface area contributed by atoms with Crippen molar-refractivity contribution in [3.63, 3.8) is 0 Å². The number of fused-ring (bicyclic) bond motifs is 1. The van der Waals surface area contributed by atoms with E-state index in [2.05, 4.69) is 21.3 Å². The highest BCUT2D eigenvalue weighted by Crippen LogP contribution is 2.48. The lowest BCUT2D eigenvalue weighted by Gasteiger charge is -2.46. The first-order valence-corrected chi connectivity index (χ1v) is 10.2. The Labute approximate surface area is 163 Å². The largest absolute Gasteiger partial charge is 0.370 e. The molecule has 0 amide bonds. The van der Waals surface area contributed by atoms with E-state index in [4.69, 9.17) is 5.26 Å². The zero-order valence-corrected chi connectivity index (χ0v) is 16.1. The molecule has 1 aliphatic heterocycles. The molecule has 7 nitrogen and oxygen atoms in total. The SMILES string of the molecule is Cc1c(N2CC(C3(NCCC#N)CC3)C2)ccc2c(=O)[nH]c(=O)n(C3CC3)c12. The average Bonchev–Trinajstić information content (AvgIpc) is 3.52. The highest BCUT2D eigenvalue weighted by Gasteiger charge is 2.53. The number of rotatable bonds is 6. The average molecular weight is 379 g/mol. The molecule has 2 heterocycles. The maximum Gasteiger partial charge on any atom is 0.329 e. The fourth-order valence-corrected chi connectivity index (χ4v) is 4.79. The van der Waals surface area contributed by atoms with Crippen LogP contribution in [0.15, 0.2) is 21.7 Å². The Morgan fingerprint density at radius 3 is 2.68 bits per heavy atom. The first kappa shape index (κ1) is 17.5. The normalized spacial score (nSPS) is 20.8. The summed E-state index contributed by atoms with van der Waals surface area (Å²) in [6, 6.07) is 6.30. The Balaban J connectivity index is 1.43. The summed E-state index contributed by atoms with van der Waals surface area (Å²) in [6.45, 7) is 4.74. The minimum atomic E-state index is -0.299. The second-order valence-electron chi connectivity index (χ2n) is 8.56. The summed E-state index contributed by atoms with van der Waals surface area (Å²) in [5.74, 6) is 0.589. The van der Waals surface area contributed by atoms with E-state index in [-0.39, 0.29) is 22.8 Å². The maximum absolute atomic E-state index is 12.4. The topological polar surface area (TPSA) is 93.9 Å². The number of nitrogens with one attached hydrogen (secondary N) is 2. The van der Waals surface area contributed by atoms with Crippen LogP contribution >= 0.6 is 0 Å². The molecule has 2 saturated carbocycles. The van der Waals surface area contributed by atoms with Crippen LogP contribution in [0.2, 0.25) is 0 Å². The van der Waals surface area contributed by atoms with Gasteiger partial charge in [0.05, 0.1) is 17.0 Å². The van der Waals surface area contributed by atoms with E-state index in [0.29, 0.717) is 17.7 Å². The number of hydrogen-bond acceptors (Lipinski definition) is 5. The zero-order valence-electron chi connectivity index (χ0n) is 16.1. The summed E-state index contributed by atoms with van der Waals surface area (Å²) >= 11 is 0. The Morgan fingerprint density at radius 1 is 1.29 bits per heavy atom. The Bertz CT molecular complexity index is 1090. The predicted octanol–water partition coefficient (Wildman–Crippen LogP) is 1.81. The smallest absolute Gasteiger partial charge is 0.329 e. The van der Waals surface area contributed by atoms with Crippen molar-refractivity contribution in [2.45, 2.75) is 50.6 Å². The van der Waals surface area contributed by atoms with Crippen molar-refractivity contribution in [3.8, 4) is 6.07 Å². The second kappa shape index (κ2) is 6.21. The van der Waals surface area contributed by atoms with Gasteiger partial charge < -0.3 is 10.2 Å². The third-order valence-electron chi connectivity index (χ3n) is 6.75. The first-order chi connectivity index (χ1) is 13.5. The van der Waals surface area contributed by atoms with Crippen molar-refractivity contribution in [2.24, 2.45) is 5.92 Å². The Kier molecular flexibility index (Phi) is 3.88. The fourth-order valence-electron chi connectivity index (χ4n) is 4.79. The van der Waals surface area contributed by atoms with Crippen molar-refractivity contribution in [1.82, 2.24) is 14.9 Å². The summed E-state index contributed by atoms with van der Waals surface area (Å²) in [5.41, 5.74) is 2.56. The monoisotopic (exact) mass is 379 g/mol. The molecule has 0 unspecified atom stereocenters. The fraction of sp³-hybridized carbons (Fsp3) is 0.571.